The van der Waals surface area contributed by atoms with Gasteiger partial charge in [-0.3, -0.25) is 9.59 Å². The largest absolute Gasteiger partial charge is 0.481 e. The summed E-state index contributed by atoms with van der Waals surface area (Å²) in [7, 11) is 0. The van der Waals surface area contributed by atoms with Crippen LogP contribution in [0.2, 0.25) is 0 Å². The molecular weight excluding hydrogens is 617 g/mol. The molecule has 0 saturated heterocycles. The second-order valence-corrected chi connectivity index (χ2v) is 15.6. The summed E-state index contributed by atoms with van der Waals surface area (Å²) >= 11 is 0. The molecule has 0 bridgehead atoms. The molecule has 0 aromatic carbocycles. The van der Waals surface area contributed by atoms with Crippen LogP contribution in [0.1, 0.15) is 264 Å². The lowest BCUT2D eigenvalue weighted by Crippen LogP contribution is -2.18. The van der Waals surface area contributed by atoms with Gasteiger partial charge in [-0.05, 0) is 57.8 Å². The summed E-state index contributed by atoms with van der Waals surface area (Å²) in [4.78, 5) is 23.1. The molecule has 1 atom stereocenters. The van der Waals surface area contributed by atoms with E-state index in [1.54, 1.807) is 0 Å². The molecule has 0 aliphatic carbocycles. The first kappa shape index (κ1) is 48.7. The van der Waals surface area contributed by atoms with E-state index in [9.17, 15) is 9.59 Å². The van der Waals surface area contributed by atoms with Gasteiger partial charge in [0.2, 0.25) is 0 Å². The van der Waals surface area contributed by atoms with Crippen molar-refractivity contribution in [3.05, 3.63) is 12.2 Å². The number of carboxylic acid groups (broad SMARTS) is 1. The maximum atomic E-state index is 12.6. The van der Waals surface area contributed by atoms with Crippen LogP contribution in [0.3, 0.4) is 0 Å². The van der Waals surface area contributed by atoms with Crippen LogP contribution < -0.4 is 0 Å². The van der Waals surface area contributed by atoms with E-state index >= 15 is 0 Å². The number of rotatable bonds is 42. The zero-order valence-electron chi connectivity index (χ0n) is 34.0. The third-order valence-electron chi connectivity index (χ3n) is 10.5. The van der Waals surface area contributed by atoms with Crippen LogP contribution in [0.25, 0.3) is 0 Å². The van der Waals surface area contributed by atoms with Crippen molar-refractivity contribution in [3.8, 4) is 0 Å². The summed E-state index contributed by atoms with van der Waals surface area (Å²) in [5, 5.41) is 8.68. The molecule has 0 heterocycles. The zero-order chi connectivity index (χ0) is 36.4. The minimum Gasteiger partial charge on any atom is -0.481 e. The molecule has 0 aromatic heterocycles. The van der Waals surface area contributed by atoms with Crippen molar-refractivity contribution in [3.63, 3.8) is 0 Å². The molecule has 1 N–H and O–H groups in total. The van der Waals surface area contributed by atoms with Crippen molar-refractivity contribution in [1.82, 2.24) is 0 Å². The van der Waals surface area contributed by atoms with Gasteiger partial charge in [-0.2, -0.15) is 0 Å². The minimum absolute atomic E-state index is 0.0394. The van der Waals surface area contributed by atoms with Crippen molar-refractivity contribution in [2.75, 3.05) is 0 Å². The molecule has 4 heteroatoms. The van der Waals surface area contributed by atoms with Crippen molar-refractivity contribution in [2.45, 2.75) is 270 Å². The molecule has 0 aliphatic heterocycles. The summed E-state index contributed by atoms with van der Waals surface area (Å²) in [6.45, 7) is 4.51. The van der Waals surface area contributed by atoms with Gasteiger partial charge >= 0.3 is 11.9 Å². The maximum Gasteiger partial charge on any atom is 0.306 e. The van der Waals surface area contributed by atoms with Crippen LogP contribution in [0.4, 0.5) is 0 Å². The van der Waals surface area contributed by atoms with Gasteiger partial charge in [0.15, 0.2) is 0 Å². The zero-order valence-corrected chi connectivity index (χ0v) is 34.0. The van der Waals surface area contributed by atoms with E-state index < -0.39 is 5.97 Å². The van der Waals surface area contributed by atoms with Gasteiger partial charge in [-0.1, -0.05) is 206 Å². The smallest absolute Gasteiger partial charge is 0.306 e. The van der Waals surface area contributed by atoms with Crippen LogP contribution in [0.15, 0.2) is 12.2 Å². The molecule has 0 aliphatic rings. The van der Waals surface area contributed by atoms with Gasteiger partial charge in [0.1, 0.15) is 6.10 Å². The summed E-state index contributed by atoms with van der Waals surface area (Å²) in [5.74, 6) is -0.625. The number of unbranched alkanes of at least 4 members (excludes halogenated alkanes) is 31. The third-order valence-corrected chi connectivity index (χ3v) is 10.5. The van der Waals surface area contributed by atoms with E-state index in [0.29, 0.717) is 12.8 Å². The first-order chi connectivity index (χ1) is 24.6. The Hall–Kier alpha value is -1.32. The highest BCUT2D eigenvalue weighted by Crippen LogP contribution is 2.19. The fourth-order valence-electron chi connectivity index (χ4n) is 7.11. The number of allylic oxidation sites excluding steroid dienone is 2. The van der Waals surface area contributed by atoms with Crippen LogP contribution in [-0.4, -0.2) is 23.1 Å². The Morgan fingerprint density at radius 2 is 0.740 bits per heavy atom. The number of esters is 1. The fraction of sp³-hybridized carbons (Fsp3) is 0.913. The second-order valence-electron chi connectivity index (χ2n) is 15.6. The highest BCUT2D eigenvalue weighted by atomic mass is 16.5. The first-order valence-electron chi connectivity index (χ1n) is 22.7. The average Bonchev–Trinajstić information content (AvgIpc) is 3.10. The maximum absolute atomic E-state index is 12.6. The molecule has 4 nitrogen and oxygen atoms in total. The Balaban J connectivity index is 3.55. The Morgan fingerprint density at radius 1 is 0.420 bits per heavy atom. The number of aliphatic carboxylic acids is 1. The lowest BCUT2D eigenvalue weighted by atomic mass is 10.0. The number of carbonyl (C=O) groups excluding carboxylic acids is 1. The Labute approximate surface area is 313 Å². The van der Waals surface area contributed by atoms with E-state index in [1.807, 2.05) is 0 Å². The highest BCUT2D eigenvalue weighted by molar-refractivity contribution is 5.69. The number of hydrogen-bond acceptors (Lipinski definition) is 3. The molecule has 1 unspecified atom stereocenters. The SMILES string of the molecule is CCCCCCCC/C=C\CCCCCCCCCCCCCC(=O)OC(CCCC)CCCCCCCCCCCCCCCCC(=O)O. The van der Waals surface area contributed by atoms with Crippen molar-refractivity contribution in [1.29, 1.82) is 0 Å². The normalized spacial score (nSPS) is 12.2. The van der Waals surface area contributed by atoms with E-state index in [0.717, 1.165) is 51.4 Å². The van der Waals surface area contributed by atoms with Crippen molar-refractivity contribution >= 4 is 11.9 Å². The molecule has 0 amide bonds. The predicted molar refractivity (Wildman–Crippen MR) is 218 cm³/mol. The molecule has 0 rings (SSSR count). The van der Waals surface area contributed by atoms with Gasteiger partial charge in [-0.15, -0.1) is 0 Å². The number of hydrogen-bond donors (Lipinski definition) is 1. The van der Waals surface area contributed by atoms with Gasteiger partial charge in [0.25, 0.3) is 0 Å². The van der Waals surface area contributed by atoms with Crippen molar-refractivity contribution in [2.24, 2.45) is 0 Å². The fourth-order valence-corrected chi connectivity index (χ4v) is 7.11. The van der Waals surface area contributed by atoms with Crippen LogP contribution in [0, 0.1) is 0 Å². The molecule has 0 aromatic rings. The average molecular weight is 705 g/mol. The standard InChI is InChI=1S/C46H88O4/c1-3-5-7-8-9-10-11-12-13-14-15-16-17-18-19-24-27-30-33-36-39-43-46(49)50-44(40-6-4-2)41-37-34-31-28-25-22-20-21-23-26-29-32-35-38-42-45(47)48/h12-13,44H,3-11,14-43H2,1-2H3,(H,47,48)/b13-12-. The Bertz CT molecular complexity index is 717. The predicted octanol–water partition coefficient (Wildman–Crippen LogP) is 15.8. The minimum atomic E-state index is -0.664. The summed E-state index contributed by atoms with van der Waals surface area (Å²) in [5.41, 5.74) is 0. The van der Waals surface area contributed by atoms with Crippen LogP contribution in [0.5, 0.6) is 0 Å². The van der Waals surface area contributed by atoms with E-state index in [2.05, 4.69) is 26.0 Å². The third kappa shape index (κ3) is 41.1. The van der Waals surface area contributed by atoms with Crippen LogP contribution in [-0.2, 0) is 14.3 Å². The van der Waals surface area contributed by atoms with E-state index in [1.165, 1.54) is 186 Å². The second kappa shape index (κ2) is 42.1. The van der Waals surface area contributed by atoms with Gasteiger partial charge in [0.05, 0.1) is 0 Å². The molecule has 50 heavy (non-hydrogen) atoms. The quantitative estimate of drug-likeness (QED) is 0.0390. The molecule has 0 fully saturated rings. The lowest BCUT2D eigenvalue weighted by Gasteiger charge is -2.18. The topological polar surface area (TPSA) is 63.6 Å². The van der Waals surface area contributed by atoms with Gasteiger partial charge in [0, 0.05) is 12.8 Å². The number of carbonyl (C=O) groups is 2. The lowest BCUT2D eigenvalue weighted by molar-refractivity contribution is -0.150. The number of ether oxygens (including phenoxy) is 1. The van der Waals surface area contributed by atoms with Crippen LogP contribution >= 0.6 is 0 Å². The van der Waals surface area contributed by atoms with Gasteiger partial charge in [-0.25, -0.2) is 0 Å². The van der Waals surface area contributed by atoms with Gasteiger partial charge < -0.3 is 9.84 Å². The Kier molecular flexibility index (Phi) is 41.0. The molecular formula is C46H88O4. The monoisotopic (exact) mass is 705 g/mol. The van der Waals surface area contributed by atoms with Crippen molar-refractivity contribution < 1.29 is 19.4 Å². The molecule has 296 valence electrons. The molecule has 0 radical (unpaired) electrons. The highest BCUT2D eigenvalue weighted by Gasteiger charge is 2.14. The summed E-state index contributed by atoms with van der Waals surface area (Å²) < 4.78 is 5.96. The van der Waals surface area contributed by atoms with E-state index in [4.69, 9.17) is 9.84 Å². The van der Waals surface area contributed by atoms with E-state index in [-0.39, 0.29) is 12.1 Å². The first-order valence-corrected chi connectivity index (χ1v) is 22.7. The summed E-state index contributed by atoms with van der Waals surface area (Å²) in [6, 6.07) is 0. The molecule has 0 spiro atoms. The molecule has 0 saturated carbocycles. The number of carboxylic acids is 1. The Morgan fingerprint density at radius 3 is 1.14 bits per heavy atom. The summed E-state index contributed by atoms with van der Waals surface area (Å²) in [6.07, 6.45) is 53.1.